The lowest BCUT2D eigenvalue weighted by Crippen LogP contribution is -2.21. The molecule has 0 unspecified atom stereocenters. The Morgan fingerprint density at radius 1 is 1.00 bits per heavy atom. The van der Waals surface area contributed by atoms with E-state index in [0.29, 0.717) is 41.7 Å². The minimum Gasteiger partial charge on any atom is -0.497 e. The molecular formula is C26H29N5O5. The van der Waals surface area contributed by atoms with E-state index in [-0.39, 0.29) is 29.5 Å². The highest BCUT2D eigenvalue weighted by atomic mass is 16.5. The monoisotopic (exact) mass is 491 g/mol. The number of hydrogen-bond acceptors (Lipinski definition) is 7. The van der Waals surface area contributed by atoms with Crippen LogP contribution in [0.3, 0.4) is 0 Å². The number of fused-ring (bicyclic) bond motifs is 1. The number of carbonyl (C=O) groups excluding carboxylic acids is 1. The van der Waals surface area contributed by atoms with Crippen LogP contribution in [0.4, 0.5) is 5.69 Å². The average Bonchev–Trinajstić information content (AvgIpc) is 3.28. The number of amides is 1. The number of nitrogens with zero attached hydrogens (tertiary/aromatic N) is 4. The topological polar surface area (TPSA) is 109 Å². The molecule has 0 saturated carbocycles. The summed E-state index contributed by atoms with van der Waals surface area (Å²) < 4.78 is 19.2. The molecule has 0 bridgehead atoms. The van der Waals surface area contributed by atoms with Gasteiger partial charge in [-0.25, -0.2) is 0 Å². The molecule has 188 valence electrons. The summed E-state index contributed by atoms with van der Waals surface area (Å²) in [6, 6.07) is 12.5. The molecule has 1 amide bonds. The summed E-state index contributed by atoms with van der Waals surface area (Å²) in [4.78, 5) is 25.7. The predicted octanol–water partition coefficient (Wildman–Crippen LogP) is 3.50. The summed E-state index contributed by atoms with van der Waals surface area (Å²) in [6.45, 7) is 4.44. The second-order valence-electron chi connectivity index (χ2n) is 8.37. The molecule has 0 fully saturated rings. The molecule has 0 aliphatic heterocycles. The number of carbonyl (C=O) groups is 1. The minimum atomic E-state index is -0.280. The van der Waals surface area contributed by atoms with Crippen LogP contribution in [0.2, 0.25) is 0 Å². The van der Waals surface area contributed by atoms with Crippen molar-refractivity contribution in [2.75, 3.05) is 26.1 Å². The first-order valence-electron chi connectivity index (χ1n) is 11.6. The van der Waals surface area contributed by atoms with Crippen LogP contribution in [0, 0.1) is 5.92 Å². The molecule has 10 nitrogen and oxygen atoms in total. The Hall–Kier alpha value is -4.34. The summed E-state index contributed by atoms with van der Waals surface area (Å²) >= 11 is 0. The first-order valence-corrected chi connectivity index (χ1v) is 11.6. The molecule has 2 aromatic heterocycles. The van der Waals surface area contributed by atoms with E-state index in [4.69, 9.17) is 14.2 Å². The summed E-state index contributed by atoms with van der Waals surface area (Å²) in [5, 5.41) is 11.2. The van der Waals surface area contributed by atoms with E-state index in [2.05, 4.69) is 15.5 Å². The smallest absolute Gasteiger partial charge is 0.300 e. The third kappa shape index (κ3) is 5.48. The molecule has 0 spiro atoms. The molecule has 2 heterocycles. The average molecular weight is 492 g/mol. The molecule has 4 rings (SSSR count). The molecule has 1 N–H and O–H groups in total. The lowest BCUT2D eigenvalue weighted by Gasteiger charge is -2.13. The zero-order chi connectivity index (χ0) is 25.7. The number of hydrogen-bond donors (Lipinski definition) is 1. The van der Waals surface area contributed by atoms with Gasteiger partial charge in [0.2, 0.25) is 11.6 Å². The van der Waals surface area contributed by atoms with E-state index in [0.717, 1.165) is 5.75 Å². The highest BCUT2D eigenvalue weighted by Crippen LogP contribution is 2.26. The van der Waals surface area contributed by atoms with Crippen molar-refractivity contribution >= 4 is 17.2 Å². The molecular weight excluding hydrogens is 462 g/mol. The third-order valence-electron chi connectivity index (χ3n) is 5.67. The van der Waals surface area contributed by atoms with Gasteiger partial charge in [-0.05, 0) is 37.1 Å². The van der Waals surface area contributed by atoms with Gasteiger partial charge in [0.25, 0.3) is 0 Å². The van der Waals surface area contributed by atoms with E-state index in [1.54, 1.807) is 49.2 Å². The van der Waals surface area contributed by atoms with Crippen molar-refractivity contribution in [1.29, 1.82) is 0 Å². The summed E-state index contributed by atoms with van der Waals surface area (Å²) in [5.74, 6) is 2.34. The molecule has 0 aliphatic carbocycles. The fraction of sp³-hybridized carbons (Fsp3) is 0.308. The molecule has 36 heavy (non-hydrogen) atoms. The summed E-state index contributed by atoms with van der Waals surface area (Å²) in [7, 11) is 3.11. The number of anilines is 1. The number of methoxy groups -OCH3 is 2. The van der Waals surface area contributed by atoms with Gasteiger partial charge in [-0.2, -0.15) is 0 Å². The molecule has 4 aromatic rings. The van der Waals surface area contributed by atoms with Gasteiger partial charge in [-0.15, -0.1) is 10.2 Å². The van der Waals surface area contributed by atoms with Crippen molar-refractivity contribution in [2.24, 2.45) is 5.92 Å². The number of aromatic nitrogens is 4. The largest absolute Gasteiger partial charge is 0.497 e. The van der Waals surface area contributed by atoms with Crippen molar-refractivity contribution in [3.05, 3.63) is 71.0 Å². The van der Waals surface area contributed by atoms with E-state index in [1.165, 1.54) is 4.57 Å². The fourth-order valence-electron chi connectivity index (χ4n) is 3.94. The van der Waals surface area contributed by atoms with Crippen LogP contribution in [0.25, 0.3) is 11.3 Å². The normalized spacial score (nSPS) is 11.8. The Kier molecular flexibility index (Phi) is 7.53. The van der Waals surface area contributed by atoms with Crippen molar-refractivity contribution in [3.63, 3.8) is 0 Å². The second-order valence-corrected chi connectivity index (χ2v) is 8.37. The van der Waals surface area contributed by atoms with E-state index >= 15 is 0 Å². The van der Waals surface area contributed by atoms with Gasteiger partial charge in [-0.3, -0.25) is 18.6 Å². The third-order valence-corrected chi connectivity index (χ3v) is 5.67. The summed E-state index contributed by atoms with van der Waals surface area (Å²) in [5.41, 5.74) is 1.24. The SMILES string of the molecule is CCOc1ccc(-n2ccn3c(C[C@H](C)CC(=O)Nc4cc(OC)cc(OC)c4)nnc3c2=O)cc1. The van der Waals surface area contributed by atoms with Gasteiger partial charge in [0.15, 0.2) is 0 Å². The van der Waals surface area contributed by atoms with Gasteiger partial charge >= 0.3 is 5.56 Å². The van der Waals surface area contributed by atoms with Crippen LogP contribution in [0.1, 0.15) is 26.1 Å². The van der Waals surface area contributed by atoms with E-state index in [1.807, 2.05) is 38.1 Å². The van der Waals surface area contributed by atoms with Crippen molar-refractivity contribution in [2.45, 2.75) is 26.7 Å². The highest BCUT2D eigenvalue weighted by molar-refractivity contribution is 5.91. The standard InChI is InChI=1S/C26H29N5O5/c1-5-36-20-8-6-19(7-9-20)30-10-11-31-23(28-29-25(31)26(30)33)12-17(2)13-24(32)27-18-14-21(34-3)16-22(15-18)35-4/h6-11,14-17H,5,12-13H2,1-4H3,(H,27,32)/t17-/m0/s1. The van der Waals surface area contributed by atoms with Crippen LogP contribution in [0.5, 0.6) is 17.2 Å². The fourth-order valence-corrected chi connectivity index (χ4v) is 3.94. The first kappa shape index (κ1) is 24.8. The first-order chi connectivity index (χ1) is 17.4. The van der Waals surface area contributed by atoms with Crippen LogP contribution < -0.4 is 25.1 Å². The lowest BCUT2D eigenvalue weighted by molar-refractivity contribution is -0.116. The zero-order valence-electron chi connectivity index (χ0n) is 20.7. The predicted molar refractivity (Wildman–Crippen MR) is 135 cm³/mol. The molecule has 0 aliphatic rings. The Labute approximate surface area is 208 Å². The zero-order valence-corrected chi connectivity index (χ0v) is 20.7. The maximum atomic E-state index is 13.0. The van der Waals surface area contributed by atoms with Crippen LogP contribution in [0.15, 0.2) is 59.7 Å². The molecule has 2 aromatic carbocycles. The van der Waals surface area contributed by atoms with Crippen LogP contribution in [-0.4, -0.2) is 45.9 Å². The van der Waals surface area contributed by atoms with Gasteiger partial charge in [-0.1, -0.05) is 6.92 Å². The Balaban J connectivity index is 1.45. The van der Waals surface area contributed by atoms with Gasteiger partial charge in [0.1, 0.15) is 23.1 Å². The van der Waals surface area contributed by atoms with Gasteiger partial charge < -0.3 is 19.5 Å². The Bertz CT molecular complexity index is 1390. The molecule has 0 radical (unpaired) electrons. The van der Waals surface area contributed by atoms with Crippen LogP contribution in [-0.2, 0) is 11.2 Å². The molecule has 0 saturated heterocycles. The van der Waals surface area contributed by atoms with E-state index < -0.39 is 0 Å². The van der Waals surface area contributed by atoms with Crippen LogP contribution >= 0.6 is 0 Å². The van der Waals surface area contributed by atoms with Gasteiger partial charge in [0, 0.05) is 54.8 Å². The number of nitrogens with one attached hydrogen (secondary N) is 1. The Morgan fingerprint density at radius 3 is 2.33 bits per heavy atom. The summed E-state index contributed by atoms with van der Waals surface area (Å²) in [6.07, 6.45) is 4.18. The number of benzene rings is 2. The maximum Gasteiger partial charge on any atom is 0.300 e. The number of ether oxygens (including phenoxy) is 3. The van der Waals surface area contributed by atoms with Crippen molar-refractivity contribution < 1.29 is 19.0 Å². The van der Waals surface area contributed by atoms with Crippen molar-refractivity contribution in [1.82, 2.24) is 19.2 Å². The van der Waals surface area contributed by atoms with E-state index in [9.17, 15) is 9.59 Å². The minimum absolute atomic E-state index is 0.0431. The van der Waals surface area contributed by atoms with Gasteiger partial charge in [0.05, 0.1) is 20.8 Å². The maximum absolute atomic E-state index is 13.0. The molecule has 10 heteroatoms. The Morgan fingerprint density at radius 2 is 1.69 bits per heavy atom. The highest BCUT2D eigenvalue weighted by Gasteiger charge is 2.17. The quantitative estimate of drug-likeness (QED) is 0.362. The lowest BCUT2D eigenvalue weighted by atomic mass is 10.0. The molecule has 1 atom stereocenters. The number of rotatable bonds is 10. The second kappa shape index (κ2) is 10.9. The van der Waals surface area contributed by atoms with Crippen molar-refractivity contribution in [3.8, 4) is 22.9 Å².